The third-order valence-corrected chi connectivity index (χ3v) is 5.20. The lowest BCUT2D eigenvalue weighted by Gasteiger charge is -2.20. The SMILES string of the molecule is CC(=O)Nc1ccccc1-c1cc(F)ccc1CC(c1cccnc1)c1cccnc1. The second kappa shape index (κ2) is 9.30. The Balaban J connectivity index is 1.81. The maximum atomic E-state index is 14.3. The molecule has 4 nitrogen and oxygen atoms in total. The maximum Gasteiger partial charge on any atom is 0.221 e. The van der Waals surface area contributed by atoms with E-state index < -0.39 is 0 Å². The van der Waals surface area contributed by atoms with Crippen LogP contribution in [-0.4, -0.2) is 15.9 Å². The van der Waals surface area contributed by atoms with Crippen LogP contribution in [-0.2, 0) is 11.2 Å². The number of anilines is 1. The molecule has 154 valence electrons. The van der Waals surface area contributed by atoms with Crippen LogP contribution in [0, 0.1) is 5.82 Å². The molecule has 2 heterocycles. The lowest BCUT2D eigenvalue weighted by molar-refractivity contribution is -0.114. The Morgan fingerprint density at radius 3 is 2.19 bits per heavy atom. The first-order valence-corrected chi connectivity index (χ1v) is 10.1. The second-order valence-electron chi connectivity index (χ2n) is 7.36. The monoisotopic (exact) mass is 411 g/mol. The molecular formula is C26H22FN3O. The molecule has 0 atom stereocenters. The van der Waals surface area contributed by atoms with Gasteiger partial charge in [0.1, 0.15) is 5.82 Å². The van der Waals surface area contributed by atoms with Gasteiger partial charge in [0, 0.05) is 48.9 Å². The molecule has 0 bridgehead atoms. The van der Waals surface area contributed by atoms with Gasteiger partial charge in [-0.05, 0) is 59.0 Å². The molecule has 0 saturated carbocycles. The Hall–Kier alpha value is -3.86. The first kappa shape index (κ1) is 20.4. The number of nitrogens with zero attached hydrogens (tertiary/aromatic N) is 2. The Morgan fingerprint density at radius 2 is 1.58 bits per heavy atom. The summed E-state index contributed by atoms with van der Waals surface area (Å²) in [4.78, 5) is 20.3. The van der Waals surface area contributed by atoms with Gasteiger partial charge in [0.2, 0.25) is 5.91 Å². The Bertz CT molecular complexity index is 1140. The van der Waals surface area contributed by atoms with E-state index in [0.29, 0.717) is 12.1 Å². The summed E-state index contributed by atoms with van der Waals surface area (Å²) in [6, 6.07) is 20.2. The molecule has 4 aromatic rings. The van der Waals surface area contributed by atoms with Crippen molar-refractivity contribution in [3.63, 3.8) is 0 Å². The van der Waals surface area contributed by atoms with Crippen LogP contribution in [0.15, 0.2) is 91.5 Å². The van der Waals surface area contributed by atoms with E-state index in [1.807, 2.05) is 67.0 Å². The van der Waals surface area contributed by atoms with E-state index in [0.717, 1.165) is 27.8 Å². The number of carbonyl (C=O) groups excluding carboxylic acids is 1. The predicted octanol–water partition coefficient (Wildman–Crippen LogP) is 5.62. The van der Waals surface area contributed by atoms with Crippen LogP contribution in [0.5, 0.6) is 0 Å². The normalized spacial score (nSPS) is 10.8. The summed E-state index contributed by atoms with van der Waals surface area (Å²) in [5, 5.41) is 2.85. The standard InChI is InChI=1S/C26H22FN3O/c1-18(31)30-26-9-3-2-8-23(26)25-15-22(27)11-10-19(25)14-24(20-6-4-12-28-16-20)21-7-5-13-29-17-21/h2-13,15-17,24H,14H2,1H3,(H,30,31). The second-order valence-corrected chi connectivity index (χ2v) is 7.36. The van der Waals surface area contributed by atoms with Gasteiger partial charge < -0.3 is 5.32 Å². The topological polar surface area (TPSA) is 54.9 Å². The van der Waals surface area contributed by atoms with Crippen LogP contribution in [0.25, 0.3) is 11.1 Å². The van der Waals surface area contributed by atoms with E-state index in [9.17, 15) is 9.18 Å². The fourth-order valence-corrected chi connectivity index (χ4v) is 3.81. The molecule has 2 aromatic heterocycles. The smallest absolute Gasteiger partial charge is 0.221 e. The number of hydrogen-bond acceptors (Lipinski definition) is 3. The van der Waals surface area contributed by atoms with E-state index >= 15 is 0 Å². The Morgan fingerprint density at radius 1 is 0.903 bits per heavy atom. The number of benzene rings is 2. The highest BCUT2D eigenvalue weighted by Gasteiger charge is 2.19. The lowest BCUT2D eigenvalue weighted by atomic mass is 9.84. The summed E-state index contributed by atoms with van der Waals surface area (Å²) in [5.41, 5.74) is 5.27. The Kier molecular flexibility index (Phi) is 6.13. The van der Waals surface area contributed by atoms with Gasteiger partial charge in [-0.25, -0.2) is 4.39 Å². The highest BCUT2D eigenvalue weighted by Crippen LogP contribution is 2.35. The van der Waals surface area contributed by atoms with Crippen molar-refractivity contribution >= 4 is 11.6 Å². The van der Waals surface area contributed by atoms with Gasteiger partial charge >= 0.3 is 0 Å². The molecule has 1 N–H and O–H groups in total. The number of aromatic nitrogens is 2. The zero-order valence-electron chi connectivity index (χ0n) is 17.1. The predicted molar refractivity (Wildman–Crippen MR) is 120 cm³/mol. The molecular weight excluding hydrogens is 389 g/mol. The van der Waals surface area contributed by atoms with Gasteiger partial charge in [0.15, 0.2) is 0 Å². The van der Waals surface area contributed by atoms with Gasteiger partial charge in [-0.2, -0.15) is 0 Å². The molecule has 0 unspecified atom stereocenters. The fourth-order valence-electron chi connectivity index (χ4n) is 3.81. The van der Waals surface area contributed by atoms with Crippen molar-refractivity contribution in [3.8, 4) is 11.1 Å². The largest absolute Gasteiger partial charge is 0.326 e. The summed E-state index contributed by atoms with van der Waals surface area (Å²) in [6.07, 6.45) is 7.83. The number of pyridine rings is 2. The summed E-state index contributed by atoms with van der Waals surface area (Å²) >= 11 is 0. The number of halogens is 1. The number of para-hydroxylation sites is 1. The zero-order valence-corrected chi connectivity index (χ0v) is 17.1. The number of amides is 1. The van der Waals surface area contributed by atoms with Crippen LogP contribution in [0.1, 0.15) is 29.5 Å². The van der Waals surface area contributed by atoms with Crippen LogP contribution in [0.2, 0.25) is 0 Å². The van der Waals surface area contributed by atoms with Crippen LogP contribution >= 0.6 is 0 Å². The molecule has 2 aromatic carbocycles. The highest BCUT2D eigenvalue weighted by atomic mass is 19.1. The quantitative estimate of drug-likeness (QED) is 0.448. The highest BCUT2D eigenvalue weighted by molar-refractivity contribution is 5.94. The number of nitrogens with one attached hydrogen (secondary N) is 1. The van der Waals surface area contributed by atoms with E-state index in [-0.39, 0.29) is 17.6 Å². The van der Waals surface area contributed by atoms with Crippen LogP contribution in [0.3, 0.4) is 0 Å². The van der Waals surface area contributed by atoms with E-state index in [1.54, 1.807) is 12.4 Å². The number of rotatable bonds is 6. The van der Waals surface area contributed by atoms with Crippen molar-refractivity contribution in [2.75, 3.05) is 5.32 Å². The molecule has 0 aliphatic heterocycles. The molecule has 5 heteroatoms. The average molecular weight is 411 g/mol. The summed E-state index contributed by atoms with van der Waals surface area (Å²) < 4.78 is 14.3. The molecule has 0 aliphatic rings. The van der Waals surface area contributed by atoms with Crippen molar-refractivity contribution in [3.05, 3.63) is 114 Å². The molecule has 0 aliphatic carbocycles. The lowest BCUT2D eigenvalue weighted by Crippen LogP contribution is -2.09. The molecule has 1 amide bonds. The van der Waals surface area contributed by atoms with Crippen molar-refractivity contribution in [2.45, 2.75) is 19.3 Å². The van der Waals surface area contributed by atoms with E-state index in [2.05, 4.69) is 15.3 Å². The van der Waals surface area contributed by atoms with E-state index in [4.69, 9.17) is 0 Å². The molecule has 0 fully saturated rings. The Labute approximate surface area is 180 Å². The third-order valence-electron chi connectivity index (χ3n) is 5.20. The third kappa shape index (κ3) is 4.83. The number of carbonyl (C=O) groups is 1. The van der Waals surface area contributed by atoms with E-state index in [1.165, 1.54) is 19.1 Å². The summed E-state index contributed by atoms with van der Waals surface area (Å²) in [6.45, 7) is 1.46. The first-order chi connectivity index (χ1) is 15.1. The zero-order chi connectivity index (χ0) is 21.6. The van der Waals surface area contributed by atoms with Gasteiger partial charge in [0.05, 0.1) is 0 Å². The minimum atomic E-state index is -0.323. The van der Waals surface area contributed by atoms with Crippen molar-refractivity contribution in [2.24, 2.45) is 0 Å². The van der Waals surface area contributed by atoms with Crippen molar-refractivity contribution < 1.29 is 9.18 Å². The van der Waals surface area contributed by atoms with Gasteiger partial charge in [0.25, 0.3) is 0 Å². The number of hydrogen-bond donors (Lipinski definition) is 1. The molecule has 4 rings (SSSR count). The molecule has 31 heavy (non-hydrogen) atoms. The van der Waals surface area contributed by atoms with Crippen molar-refractivity contribution in [1.82, 2.24) is 9.97 Å². The molecule has 0 saturated heterocycles. The van der Waals surface area contributed by atoms with Crippen LogP contribution < -0.4 is 5.32 Å². The fraction of sp³-hybridized carbons (Fsp3) is 0.115. The maximum absolute atomic E-state index is 14.3. The molecule has 0 radical (unpaired) electrons. The van der Waals surface area contributed by atoms with Gasteiger partial charge in [-0.15, -0.1) is 0 Å². The minimum absolute atomic E-state index is 0.000426. The molecule has 0 spiro atoms. The first-order valence-electron chi connectivity index (χ1n) is 10.1. The van der Waals surface area contributed by atoms with Gasteiger partial charge in [-0.3, -0.25) is 14.8 Å². The minimum Gasteiger partial charge on any atom is -0.326 e. The van der Waals surface area contributed by atoms with Crippen LogP contribution in [0.4, 0.5) is 10.1 Å². The van der Waals surface area contributed by atoms with Gasteiger partial charge in [-0.1, -0.05) is 36.4 Å². The summed E-state index contributed by atoms with van der Waals surface area (Å²) in [5.74, 6) is -0.496. The average Bonchev–Trinajstić information content (AvgIpc) is 2.79. The summed E-state index contributed by atoms with van der Waals surface area (Å²) in [7, 11) is 0. The van der Waals surface area contributed by atoms with Crippen molar-refractivity contribution in [1.29, 1.82) is 0 Å².